The van der Waals surface area contributed by atoms with Crippen molar-refractivity contribution in [3.63, 3.8) is 0 Å². The van der Waals surface area contributed by atoms with E-state index in [-0.39, 0.29) is 11.3 Å². The molecule has 18 heavy (non-hydrogen) atoms. The van der Waals surface area contributed by atoms with E-state index in [1.807, 2.05) is 6.92 Å². The van der Waals surface area contributed by atoms with Gasteiger partial charge in [-0.15, -0.1) is 0 Å². The number of imidazole rings is 1. The van der Waals surface area contributed by atoms with Gasteiger partial charge in [-0.3, -0.25) is 0 Å². The lowest BCUT2D eigenvalue weighted by Gasteiger charge is -2.05. The molecule has 0 N–H and O–H groups in total. The minimum absolute atomic E-state index is 0.118. The van der Waals surface area contributed by atoms with E-state index in [0.29, 0.717) is 5.65 Å². The second-order valence-corrected chi connectivity index (χ2v) is 3.98. The number of aryl methyl sites for hydroxylation is 1. The Labute approximate surface area is 102 Å². The Balaban J connectivity index is 2.28. The maximum Gasteiger partial charge on any atom is 0.153 e. The van der Waals surface area contributed by atoms with Crippen LogP contribution in [0.1, 0.15) is 5.69 Å². The van der Waals surface area contributed by atoms with Gasteiger partial charge in [-0.2, -0.15) is 5.10 Å². The SMILES string of the molecule is Cc1cnc2ccc(-c3c(F)cccc3F)nn12. The van der Waals surface area contributed by atoms with Crippen LogP contribution in [0, 0.1) is 18.6 Å². The van der Waals surface area contributed by atoms with Gasteiger partial charge in [0, 0.05) is 0 Å². The molecule has 2 aromatic heterocycles. The standard InChI is InChI=1S/C13H9F2N3/c1-8-7-16-12-6-5-11(17-18(8)12)13-9(14)3-2-4-10(13)15/h2-7H,1H3. The molecule has 0 saturated heterocycles. The predicted octanol–water partition coefficient (Wildman–Crippen LogP) is 2.98. The molecular formula is C13H9F2N3. The molecular weight excluding hydrogens is 236 g/mol. The van der Waals surface area contributed by atoms with Crippen LogP contribution in [0.3, 0.4) is 0 Å². The Morgan fingerprint density at radius 3 is 2.50 bits per heavy atom. The molecule has 0 unspecified atom stereocenters. The number of halogens is 2. The lowest BCUT2D eigenvalue weighted by molar-refractivity contribution is 0.588. The van der Waals surface area contributed by atoms with E-state index < -0.39 is 11.6 Å². The average Bonchev–Trinajstić information content (AvgIpc) is 2.71. The quantitative estimate of drug-likeness (QED) is 0.659. The summed E-state index contributed by atoms with van der Waals surface area (Å²) in [7, 11) is 0. The number of benzene rings is 1. The summed E-state index contributed by atoms with van der Waals surface area (Å²) in [6.45, 7) is 1.83. The fourth-order valence-corrected chi connectivity index (χ4v) is 1.86. The first-order valence-electron chi connectivity index (χ1n) is 5.42. The molecule has 0 bridgehead atoms. The van der Waals surface area contributed by atoms with Crippen molar-refractivity contribution in [3.8, 4) is 11.3 Å². The first-order chi connectivity index (χ1) is 8.66. The summed E-state index contributed by atoms with van der Waals surface area (Å²) in [6, 6.07) is 7.00. The van der Waals surface area contributed by atoms with Crippen LogP contribution in [0.5, 0.6) is 0 Å². The zero-order valence-corrected chi connectivity index (χ0v) is 9.56. The van der Waals surface area contributed by atoms with Crippen molar-refractivity contribution < 1.29 is 8.78 Å². The molecule has 3 aromatic rings. The summed E-state index contributed by atoms with van der Waals surface area (Å²) in [5.41, 5.74) is 1.59. The fraction of sp³-hybridized carbons (Fsp3) is 0.0769. The lowest BCUT2D eigenvalue weighted by atomic mass is 10.1. The van der Waals surface area contributed by atoms with Crippen molar-refractivity contribution in [3.05, 3.63) is 53.9 Å². The molecule has 3 rings (SSSR count). The van der Waals surface area contributed by atoms with Crippen LogP contribution in [0.15, 0.2) is 36.5 Å². The fourth-order valence-electron chi connectivity index (χ4n) is 1.86. The highest BCUT2D eigenvalue weighted by Crippen LogP contribution is 2.24. The zero-order valence-electron chi connectivity index (χ0n) is 9.56. The second kappa shape index (κ2) is 3.87. The van der Waals surface area contributed by atoms with E-state index in [9.17, 15) is 8.78 Å². The van der Waals surface area contributed by atoms with Crippen molar-refractivity contribution in [2.75, 3.05) is 0 Å². The molecule has 3 nitrogen and oxygen atoms in total. The highest BCUT2D eigenvalue weighted by molar-refractivity contribution is 5.61. The van der Waals surface area contributed by atoms with Crippen molar-refractivity contribution in [1.29, 1.82) is 0 Å². The number of rotatable bonds is 1. The number of nitrogens with zero attached hydrogens (tertiary/aromatic N) is 3. The van der Waals surface area contributed by atoms with Gasteiger partial charge < -0.3 is 0 Å². The summed E-state index contributed by atoms with van der Waals surface area (Å²) in [6.07, 6.45) is 1.66. The van der Waals surface area contributed by atoms with E-state index in [4.69, 9.17) is 0 Å². The zero-order chi connectivity index (χ0) is 12.7. The molecule has 0 atom stereocenters. The molecule has 0 spiro atoms. The Bertz CT molecular complexity index is 714. The Morgan fingerprint density at radius 1 is 1.06 bits per heavy atom. The van der Waals surface area contributed by atoms with Gasteiger partial charge in [-0.05, 0) is 31.2 Å². The van der Waals surface area contributed by atoms with Gasteiger partial charge in [-0.1, -0.05) is 6.07 Å². The molecule has 0 radical (unpaired) electrons. The second-order valence-electron chi connectivity index (χ2n) is 3.98. The molecule has 1 aromatic carbocycles. The first-order valence-corrected chi connectivity index (χ1v) is 5.42. The third-order valence-electron chi connectivity index (χ3n) is 2.75. The first kappa shape index (κ1) is 10.8. The van der Waals surface area contributed by atoms with Gasteiger partial charge in [-0.25, -0.2) is 18.3 Å². The third kappa shape index (κ3) is 1.55. The summed E-state index contributed by atoms with van der Waals surface area (Å²) in [5, 5.41) is 4.20. The van der Waals surface area contributed by atoms with E-state index in [1.54, 1.807) is 22.8 Å². The molecule has 0 amide bonds. The van der Waals surface area contributed by atoms with Gasteiger partial charge in [0.2, 0.25) is 0 Å². The molecule has 90 valence electrons. The molecule has 0 fully saturated rings. The number of hydrogen-bond donors (Lipinski definition) is 0. The van der Waals surface area contributed by atoms with E-state index >= 15 is 0 Å². The van der Waals surface area contributed by atoms with E-state index in [1.165, 1.54) is 18.2 Å². The number of fused-ring (bicyclic) bond motifs is 1. The summed E-state index contributed by atoms with van der Waals surface area (Å²) < 4.78 is 28.9. The molecule has 0 aliphatic heterocycles. The van der Waals surface area contributed by atoms with E-state index in [2.05, 4.69) is 10.1 Å². The molecule has 5 heteroatoms. The van der Waals surface area contributed by atoms with Crippen LogP contribution in [0.25, 0.3) is 16.9 Å². The van der Waals surface area contributed by atoms with Crippen LogP contribution in [0.4, 0.5) is 8.78 Å². The summed E-state index contributed by atoms with van der Waals surface area (Å²) in [4.78, 5) is 4.11. The highest BCUT2D eigenvalue weighted by Gasteiger charge is 2.13. The van der Waals surface area contributed by atoms with Crippen molar-refractivity contribution in [1.82, 2.24) is 14.6 Å². The molecule has 0 aliphatic carbocycles. The normalized spacial score (nSPS) is 11.1. The minimum atomic E-state index is -0.625. The van der Waals surface area contributed by atoms with Crippen LogP contribution in [-0.4, -0.2) is 14.6 Å². The van der Waals surface area contributed by atoms with E-state index in [0.717, 1.165) is 5.69 Å². The van der Waals surface area contributed by atoms with Crippen molar-refractivity contribution >= 4 is 5.65 Å². The Morgan fingerprint density at radius 2 is 1.78 bits per heavy atom. The topological polar surface area (TPSA) is 30.2 Å². The van der Waals surface area contributed by atoms with Crippen LogP contribution in [0.2, 0.25) is 0 Å². The van der Waals surface area contributed by atoms with Crippen LogP contribution < -0.4 is 0 Å². The van der Waals surface area contributed by atoms with Crippen molar-refractivity contribution in [2.45, 2.75) is 6.92 Å². The van der Waals surface area contributed by atoms with Gasteiger partial charge in [0.1, 0.15) is 11.6 Å². The molecule has 0 aliphatic rings. The van der Waals surface area contributed by atoms with Crippen LogP contribution >= 0.6 is 0 Å². The molecule has 2 heterocycles. The van der Waals surface area contributed by atoms with Gasteiger partial charge in [0.05, 0.1) is 23.1 Å². The Kier molecular flexibility index (Phi) is 2.33. The van der Waals surface area contributed by atoms with Crippen LogP contribution in [-0.2, 0) is 0 Å². The summed E-state index contributed by atoms with van der Waals surface area (Å²) in [5.74, 6) is -1.25. The number of aromatic nitrogens is 3. The lowest BCUT2D eigenvalue weighted by Crippen LogP contribution is -1.99. The van der Waals surface area contributed by atoms with Gasteiger partial charge in [0.25, 0.3) is 0 Å². The smallest absolute Gasteiger partial charge is 0.153 e. The largest absolute Gasteiger partial charge is 0.235 e. The summed E-state index contributed by atoms with van der Waals surface area (Å²) >= 11 is 0. The maximum atomic E-state index is 13.7. The monoisotopic (exact) mass is 245 g/mol. The maximum absolute atomic E-state index is 13.7. The molecule has 0 saturated carbocycles. The highest BCUT2D eigenvalue weighted by atomic mass is 19.1. The Hall–Kier alpha value is -2.30. The third-order valence-corrected chi connectivity index (χ3v) is 2.75. The minimum Gasteiger partial charge on any atom is -0.235 e. The predicted molar refractivity (Wildman–Crippen MR) is 63.1 cm³/mol. The van der Waals surface area contributed by atoms with Crippen molar-refractivity contribution in [2.24, 2.45) is 0 Å². The van der Waals surface area contributed by atoms with Gasteiger partial charge in [0.15, 0.2) is 5.65 Å². The van der Waals surface area contributed by atoms with Gasteiger partial charge >= 0.3 is 0 Å². The average molecular weight is 245 g/mol. The number of hydrogen-bond acceptors (Lipinski definition) is 2.